The van der Waals surface area contributed by atoms with Crippen molar-refractivity contribution < 1.29 is 9.72 Å². The van der Waals surface area contributed by atoms with Gasteiger partial charge in [0.15, 0.2) is 0 Å². The van der Waals surface area contributed by atoms with Crippen molar-refractivity contribution >= 4 is 11.6 Å². The Kier molecular flexibility index (Phi) is 5.24. The Hall–Kier alpha value is -3.98. The summed E-state index contributed by atoms with van der Waals surface area (Å²) < 4.78 is 0. The molecule has 0 saturated carbocycles. The second-order valence-corrected chi connectivity index (χ2v) is 5.88. The van der Waals surface area contributed by atoms with Crippen LogP contribution in [0.1, 0.15) is 21.5 Å². The summed E-state index contributed by atoms with van der Waals surface area (Å²) in [6, 6.07) is 22.4. The van der Waals surface area contributed by atoms with Crippen LogP contribution in [0.3, 0.4) is 0 Å². The van der Waals surface area contributed by atoms with Crippen LogP contribution in [0.2, 0.25) is 0 Å². The highest BCUT2D eigenvalue weighted by atomic mass is 16.6. The van der Waals surface area contributed by atoms with Crippen LogP contribution in [0.5, 0.6) is 0 Å². The number of nitriles is 1. The van der Waals surface area contributed by atoms with Gasteiger partial charge in [-0.05, 0) is 34.9 Å². The van der Waals surface area contributed by atoms with Crippen molar-refractivity contribution in [3.8, 4) is 17.2 Å². The van der Waals surface area contributed by atoms with Crippen molar-refractivity contribution in [1.29, 1.82) is 5.26 Å². The summed E-state index contributed by atoms with van der Waals surface area (Å²) in [6.45, 7) is 0.428. The maximum atomic E-state index is 12.3. The lowest BCUT2D eigenvalue weighted by atomic mass is 10.0. The number of nitrogens with one attached hydrogen (secondary N) is 1. The zero-order valence-corrected chi connectivity index (χ0v) is 14.3. The minimum atomic E-state index is -0.532. The van der Waals surface area contributed by atoms with Crippen LogP contribution >= 0.6 is 0 Å². The van der Waals surface area contributed by atoms with Gasteiger partial charge in [0.05, 0.1) is 16.6 Å². The molecule has 0 aliphatic heterocycles. The van der Waals surface area contributed by atoms with E-state index in [1.54, 1.807) is 30.3 Å². The van der Waals surface area contributed by atoms with Crippen LogP contribution in [-0.2, 0) is 6.54 Å². The van der Waals surface area contributed by atoms with Gasteiger partial charge in [-0.3, -0.25) is 14.9 Å². The zero-order chi connectivity index (χ0) is 19.2. The molecule has 0 spiro atoms. The molecule has 0 aliphatic rings. The van der Waals surface area contributed by atoms with Gasteiger partial charge in [-0.25, -0.2) is 0 Å². The molecule has 0 bridgehead atoms. The summed E-state index contributed by atoms with van der Waals surface area (Å²) in [5, 5.41) is 22.9. The normalized spacial score (nSPS) is 10.0. The van der Waals surface area contributed by atoms with Gasteiger partial charge >= 0.3 is 0 Å². The fourth-order valence-corrected chi connectivity index (χ4v) is 2.64. The lowest BCUT2D eigenvalue weighted by Gasteiger charge is -2.07. The Balaban J connectivity index is 1.77. The molecular weight excluding hydrogens is 342 g/mol. The largest absolute Gasteiger partial charge is 0.348 e. The number of benzene rings is 3. The van der Waals surface area contributed by atoms with Crippen molar-refractivity contribution in [2.75, 3.05) is 0 Å². The molecule has 0 aromatic heterocycles. The van der Waals surface area contributed by atoms with Gasteiger partial charge < -0.3 is 5.32 Å². The number of carbonyl (C=O) groups excluding carboxylic acids is 1. The third-order valence-electron chi connectivity index (χ3n) is 4.03. The molecule has 6 heteroatoms. The van der Waals surface area contributed by atoms with Crippen LogP contribution in [0.25, 0.3) is 11.1 Å². The number of rotatable bonds is 5. The molecule has 3 aromatic rings. The molecule has 1 N–H and O–H groups in total. The van der Waals surface area contributed by atoms with E-state index >= 15 is 0 Å². The van der Waals surface area contributed by atoms with Crippen molar-refractivity contribution in [2.24, 2.45) is 0 Å². The van der Waals surface area contributed by atoms with Crippen LogP contribution in [0.15, 0.2) is 72.8 Å². The summed E-state index contributed by atoms with van der Waals surface area (Å²) in [5.74, 6) is -0.206. The van der Waals surface area contributed by atoms with Gasteiger partial charge in [-0.1, -0.05) is 42.5 Å². The summed E-state index contributed by atoms with van der Waals surface area (Å²) >= 11 is 0. The van der Waals surface area contributed by atoms with E-state index in [4.69, 9.17) is 5.26 Å². The first-order valence-corrected chi connectivity index (χ1v) is 8.19. The fraction of sp³-hybridized carbons (Fsp3) is 0.0476. The molecule has 27 heavy (non-hydrogen) atoms. The van der Waals surface area contributed by atoms with E-state index in [0.717, 1.165) is 5.56 Å². The SMILES string of the molecule is N#Cc1cc(-c2ccc(C(=O)NCc3ccccc3)cc2)cc([N+](=O)[O-])c1. The van der Waals surface area contributed by atoms with E-state index in [-0.39, 0.29) is 17.2 Å². The predicted molar refractivity (Wildman–Crippen MR) is 101 cm³/mol. The average Bonchev–Trinajstić information content (AvgIpc) is 2.72. The topological polar surface area (TPSA) is 96.0 Å². The van der Waals surface area contributed by atoms with Crippen LogP contribution < -0.4 is 5.32 Å². The predicted octanol–water partition coefficient (Wildman–Crippen LogP) is 4.06. The van der Waals surface area contributed by atoms with Crippen molar-refractivity contribution in [2.45, 2.75) is 6.54 Å². The van der Waals surface area contributed by atoms with Gasteiger partial charge in [0.25, 0.3) is 11.6 Å². The number of non-ortho nitro benzene ring substituents is 1. The standard InChI is InChI=1S/C21H15N3O3/c22-13-16-10-19(12-20(11-16)24(26)27)17-6-8-18(9-7-17)21(25)23-14-15-4-2-1-3-5-15/h1-12H,14H2,(H,23,25). The summed E-state index contributed by atoms with van der Waals surface area (Å²) in [4.78, 5) is 22.8. The highest BCUT2D eigenvalue weighted by Gasteiger charge is 2.12. The number of hydrogen-bond acceptors (Lipinski definition) is 4. The Bertz CT molecular complexity index is 1020. The van der Waals surface area contributed by atoms with Crippen molar-refractivity contribution in [1.82, 2.24) is 5.32 Å². The monoisotopic (exact) mass is 357 g/mol. The Labute approximate surface area is 155 Å². The van der Waals surface area contributed by atoms with E-state index in [1.165, 1.54) is 12.1 Å². The number of hydrogen-bond donors (Lipinski definition) is 1. The molecule has 0 saturated heterocycles. The second kappa shape index (κ2) is 7.93. The molecule has 132 valence electrons. The molecule has 0 unspecified atom stereocenters. The van der Waals surface area contributed by atoms with Gasteiger partial charge in [-0.2, -0.15) is 5.26 Å². The maximum Gasteiger partial charge on any atom is 0.271 e. The maximum absolute atomic E-state index is 12.3. The van der Waals surface area contributed by atoms with Gasteiger partial charge in [0.1, 0.15) is 0 Å². The van der Waals surface area contributed by atoms with Crippen LogP contribution in [0, 0.1) is 21.4 Å². The average molecular weight is 357 g/mol. The van der Waals surface area contributed by atoms with E-state index in [0.29, 0.717) is 23.2 Å². The lowest BCUT2D eigenvalue weighted by molar-refractivity contribution is -0.384. The Morgan fingerprint density at radius 2 is 1.70 bits per heavy atom. The first kappa shape index (κ1) is 17.8. The molecule has 0 heterocycles. The van der Waals surface area contributed by atoms with Gasteiger partial charge in [0, 0.05) is 24.2 Å². The number of amides is 1. The molecular formula is C21H15N3O3. The Morgan fingerprint density at radius 3 is 2.33 bits per heavy atom. The molecule has 3 aromatic carbocycles. The Morgan fingerprint density at radius 1 is 1.00 bits per heavy atom. The third-order valence-corrected chi connectivity index (χ3v) is 4.03. The van der Waals surface area contributed by atoms with Gasteiger partial charge in [-0.15, -0.1) is 0 Å². The quantitative estimate of drug-likeness (QED) is 0.550. The third kappa shape index (κ3) is 4.35. The van der Waals surface area contributed by atoms with Gasteiger partial charge in [0.2, 0.25) is 0 Å². The zero-order valence-electron chi connectivity index (χ0n) is 14.3. The van der Waals surface area contributed by atoms with Crippen molar-refractivity contribution in [3.05, 3.63) is 99.6 Å². The summed E-state index contributed by atoms with van der Waals surface area (Å²) in [7, 11) is 0. The van der Waals surface area contributed by atoms with Crippen LogP contribution in [0.4, 0.5) is 5.69 Å². The number of nitro benzene ring substituents is 1. The summed E-state index contributed by atoms with van der Waals surface area (Å²) in [5.41, 5.74) is 2.80. The molecule has 0 aliphatic carbocycles. The first-order chi connectivity index (χ1) is 13.1. The smallest absolute Gasteiger partial charge is 0.271 e. The highest BCUT2D eigenvalue weighted by Crippen LogP contribution is 2.26. The molecule has 0 radical (unpaired) electrons. The first-order valence-electron chi connectivity index (χ1n) is 8.19. The molecule has 0 fully saturated rings. The molecule has 3 rings (SSSR count). The van der Waals surface area contributed by atoms with Crippen molar-refractivity contribution in [3.63, 3.8) is 0 Å². The van der Waals surface area contributed by atoms with E-state index in [1.807, 2.05) is 36.4 Å². The lowest BCUT2D eigenvalue weighted by Crippen LogP contribution is -2.22. The fourth-order valence-electron chi connectivity index (χ4n) is 2.64. The molecule has 0 atom stereocenters. The van der Waals surface area contributed by atoms with Crippen LogP contribution in [-0.4, -0.2) is 10.8 Å². The number of nitrogens with zero attached hydrogens (tertiary/aromatic N) is 2. The number of carbonyl (C=O) groups is 1. The minimum absolute atomic E-state index is 0.145. The van der Waals surface area contributed by atoms with E-state index in [9.17, 15) is 14.9 Å². The highest BCUT2D eigenvalue weighted by molar-refractivity contribution is 5.94. The second-order valence-electron chi connectivity index (χ2n) is 5.88. The minimum Gasteiger partial charge on any atom is -0.348 e. The summed E-state index contributed by atoms with van der Waals surface area (Å²) in [6.07, 6.45) is 0. The number of nitro groups is 1. The molecule has 1 amide bonds. The van der Waals surface area contributed by atoms with E-state index in [2.05, 4.69) is 5.32 Å². The molecule has 6 nitrogen and oxygen atoms in total. The van der Waals surface area contributed by atoms with E-state index < -0.39 is 4.92 Å².